The number of nitrogens with one attached hydrogen (secondary N) is 2. The van der Waals surface area contributed by atoms with Crippen LogP contribution in [0.3, 0.4) is 0 Å². The average Bonchev–Trinajstić information content (AvgIpc) is 2.45. The number of carboxylic acid groups (broad SMARTS) is 1. The number of hydrogen-bond donors (Lipinski definition) is 4. The number of carbonyl (C=O) groups is 3. The average molecular weight is 306 g/mol. The van der Waals surface area contributed by atoms with Crippen LogP contribution in [0.25, 0.3) is 0 Å². The molecule has 0 aromatic heterocycles. The second-order valence-electron chi connectivity index (χ2n) is 4.70. The zero-order valence-corrected chi connectivity index (χ0v) is 12.1. The molecule has 0 bridgehead atoms. The van der Waals surface area contributed by atoms with Crippen LogP contribution in [-0.4, -0.2) is 34.0 Å². The second-order valence-corrected chi connectivity index (χ2v) is 4.70. The van der Waals surface area contributed by atoms with Gasteiger partial charge in [0, 0.05) is 19.0 Å². The molecule has 7 heteroatoms. The van der Waals surface area contributed by atoms with Crippen LogP contribution in [0.1, 0.15) is 18.1 Å². The minimum absolute atomic E-state index is 0.0915. The van der Waals surface area contributed by atoms with Gasteiger partial charge in [0.1, 0.15) is 6.04 Å². The van der Waals surface area contributed by atoms with E-state index in [4.69, 9.17) is 5.21 Å². The summed E-state index contributed by atoms with van der Waals surface area (Å²) in [5.41, 5.74) is 3.51. The molecule has 1 atom stereocenters. The van der Waals surface area contributed by atoms with Crippen molar-refractivity contribution >= 4 is 17.7 Å². The third kappa shape index (κ3) is 6.29. The zero-order chi connectivity index (χ0) is 16.5. The second kappa shape index (κ2) is 8.71. The Morgan fingerprint density at radius 1 is 1.23 bits per heavy atom. The molecule has 1 amide bonds. The van der Waals surface area contributed by atoms with Crippen molar-refractivity contribution in [3.8, 4) is 0 Å². The molecule has 1 rings (SSSR count). The van der Waals surface area contributed by atoms with Crippen LogP contribution in [-0.2, 0) is 27.3 Å². The fourth-order valence-corrected chi connectivity index (χ4v) is 1.81. The Hall–Kier alpha value is -2.51. The van der Waals surface area contributed by atoms with E-state index in [1.54, 1.807) is 24.3 Å². The van der Waals surface area contributed by atoms with Gasteiger partial charge in [-0.05, 0) is 24.1 Å². The van der Waals surface area contributed by atoms with Crippen LogP contribution in [0.5, 0.6) is 0 Å². The first-order valence-electron chi connectivity index (χ1n) is 6.59. The highest BCUT2D eigenvalue weighted by Crippen LogP contribution is 2.08. The van der Waals surface area contributed by atoms with Crippen molar-refractivity contribution in [1.29, 1.82) is 0 Å². The molecule has 0 saturated carbocycles. The minimum Gasteiger partial charge on any atom is -0.480 e. The van der Waals surface area contributed by atoms with Gasteiger partial charge in [0.05, 0.1) is 0 Å². The molecule has 7 nitrogen and oxygen atoms in total. The van der Waals surface area contributed by atoms with Crippen LogP contribution >= 0.6 is 0 Å². The summed E-state index contributed by atoms with van der Waals surface area (Å²) in [6, 6.07) is 5.86. The molecule has 118 valence electrons. The van der Waals surface area contributed by atoms with Crippen molar-refractivity contribution in [2.45, 2.75) is 25.9 Å². The molecule has 0 unspecified atom stereocenters. The Morgan fingerprint density at radius 2 is 1.91 bits per heavy atom. The van der Waals surface area contributed by atoms with Crippen molar-refractivity contribution in [2.75, 3.05) is 0 Å². The van der Waals surface area contributed by atoms with Gasteiger partial charge in [-0.2, -0.15) is 0 Å². The van der Waals surface area contributed by atoms with Crippen molar-refractivity contribution in [3.63, 3.8) is 0 Å². The Labute approximate surface area is 127 Å². The van der Waals surface area contributed by atoms with E-state index in [1.165, 1.54) is 6.92 Å². The number of aliphatic carboxylic acids is 1. The molecule has 0 saturated heterocycles. The molecule has 0 heterocycles. The summed E-state index contributed by atoms with van der Waals surface area (Å²) in [6.07, 6.45) is 2.17. The van der Waals surface area contributed by atoms with E-state index in [9.17, 15) is 19.5 Å². The molecule has 0 fully saturated rings. The van der Waals surface area contributed by atoms with E-state index in [2.05, 4.69) is 5.32 Å². The Morgan fingerprint density at radius 3 is 2.50 bits per heavy atom. The molecule has 0 aliphatic rings. The lowest BCUT2D eigenvalue weighted by atomic mass is 10.0. The SMILES string of the molecule is CC(=O)/C=C/C(=O)N[C@@H](Cc1cccc(CNO)c1)C(=O)O. The summed E-state index contributed by atoms with van der Waals surface area (Å²) in [4.78, 5) is 33.5. The van der Waals surface area contributed by atoms with Crippen LogP contribution in [0, 0.1) is 0 Å². The molecule has 1 aromatic carbocycles. The normalized spacial score (nSPS) is 12.1. The van der Waals surface area contributed by atoms with Gasteiger partial charge in [-0.3, -0.25) is 9.59 Å². The number of amides is 1. The van der Waals surface area contributed by atoms with Gasteiger partial charge in [0.15, 0.2) is 5.78 Å². The number of allylic oxidation sites excluding steroid dienone is 1. The third-order valence-electron chi connectivity index (χ3n) is 2.80. The maximum Gasteiger partial charge on any atom is 0.326 e. The number of hydroxylamine groups is 1. The fourth-order valence-electron chi connectivity index (χ4n) is 1.81. The van der Waals surface area contributed by atoms with Crippen molar-refractivity contribution in [2.24, 2.45) is 0 Å². The van der Waals surface area contributed by atoms with Gasteiger partial charge in [0.25, 0.3) is 0 Å². The first kappa shape index (κ1) is 17.5. The fraction of sp³-hybridized carbons (Fsp3) is 0.267. The van der Waals surface area contributed by atoms with Crippen molar-refractivity contribution in [1.82, 2.24) is 10.8 Å². The van der Waals surface area contributed by atoms with Gasteiger partial charge in [0.2, 0.25) is 5.91 Å². The number of benzene rings is 1. The van der Waals surface area contributed by atoms with E-state index in [0.29, 0.717) is 5.56 Å². The molecule has 4 N–H and O–H groups in total. The van der Waals surface area contributed by atoms with Crippen LogP contribution < -0.4 is 10.8 Å². The van der Waals surface area contributed by atoms with Crippen molar-refractivity contribution in [3.05, 3.63) is 47.5 Å². The summed E-state index contributed by atoms with van der Waals surface area (Å²) >= 11 is 0. The topological polar surface area (TPSA) is 116 Å². The van der Waals surface area contributed by atoms with Crippen LogP contribution in [0.2, 0.25) is 0 Å². The molecule has 1 aromatic rings. The standard InChI is InChI=1S/C15H18N2O5/c1-10(18)5-6-14(19)17-13(15(20)21)8-11-3-2-4-12(7-11)9-16-22/h2-7,13,16,22H,8-9H2,1H3,(H,17,19)(H,20,21)/b6-5+/t13-/m0/s1. The number of ketones is 1. The van der Waals surface area contributed by atoms with Gasteiger partial charge in [-0.15, -0.1) is 0 Å². The summed E-state index contributed by atoms with van der Waals surface area (Å²) in [5.74, 6) is -2.11. The van der Waals surface area contributed by atoms with Gasteiger partial charge >= 0.3 is 5.97 Å². The van der Waals surface area contributed by atoms with Gasteiger partial charge < -0.3 is 15.6 Å². The Balaban J connectivity index is 2.76. The predicted molar refractivity (Wildman–Crippen MR) is 78.2 cm³/mol. The smallest absolute Gasteiger partial charge is 0.326 e. The number of rotatable bonds is 8. The molecule has 22 heavy (non-hydrogen) atoms. The summed E-state index contributed by atoms with van der Waals surface area (Å²) in [6.45, 7) is 1.53. The predicted octanol–water partition coefficient (Wildman–Crippen LogP) is 0.423. The van der Waals surface area contributed by atoms with Crippen LogP contribution in [0.4, 0.5) is 0 Å². The monoisotopic (exact) mass is 306 g/mol. The lowest BCUT2D eigenvalue weighted by Gasteiger charge is -2.14. The van der Waals surface area contributed by atoms with E-state index in [1.807, 2.05) is 5.48 Å². The highest BCUT2D eigenvalue weighted by Gasteiger charge is 2.19. The largest absolute Gasteiger partial charge is 0.480 e. The van der Waals surface area contributed by atoms with E-state index >= 15 is 0 Å². The van der Waals surface area contributed by atoms with Crippen LogP contribution in [0.15, 0.2) is 36.4 Å². The molecule has 0 aliphatic carbocycles. The number of carboxylic acids is 1. The van der Waals surface area contributed by atoms with Gasteiger partial charge in [-0.25, -0.2) is 10.3 Å². The lowest BCUT2D eigenvalue weighted by Crippen LogP contribution is -2.41. The number of carbonyl (C=O) groups excluding carboxylic acids is 2. The highest BCUT2D eigenvalue weighted by atomic mass is 16.5. The van der Waals surface area contributed by atoms with E-state index in [0.717, 1.165) is 17.7 Å². The minimum atomic E-state index is -1.17. The first-order valence-corrected chi connectivity index (χ1v) is 6.59. The van der Waals surface area contributed by atoms with Crippen molar-refractivity contribution < 1.29 is 24.7 Å². The molecule has 0 spiro atoms. The summed E-state index contributed by atoms with van der Waals surface area (Å²) < 4.78 is 0. The van der Waals surface area contributed by atoms with Gasteiger partial charge in [-0.1, -0.05) is 24.3 Å². The number of hydrogen-bond acceptors (Lipinski definition) is 5. The Bertz CT molecular complexity index is 583. The highest BCUT2D eigenvalue weighted by molar-refractivity contribution is 5.97. The molecular formula is C15H18N2O5. The Kier molecular flexibility index (Phi) is 6.94. The summed E-state index contributed by atoms with van der Waals surface area (Å²) in [7, 11) is 0. The zero-order valence-electron chi connectivity index (χ0n) is 12.1. The maximum atomic E-state index is 11.6. The molecule has 0 radical (unpaired) electrons. The third-order valence-corrected chi connectivity index (χ3v) is 2.80. The van der Waals surface area contributed by atoms with E-state index < -0.39 is 17.9 Å². The first-order chi connectivity index (χ1) is 10.4. The molecular weight excluding hydrogens is 288 g/mol. The summed E-state index contributed by atoms with van der Waals surface area (Å²) in [5, 5.41) is 20.2. The lowest BCUT2D eigenvalue weighted by molar-refractivity contribution is -0.141. The molecule has 0 aliphatic heterocycles. The van der Waals surface area contributed by atoms with E-state index in [-0.39, 0.29) is 18.7 Å². The maximum absolute atomic E-state index is 11.6. The quantitative estimate of drug-likeness (QED) is 0.409.